The summed E-state index contributed by atoms with van der Waals surface area (Å²) in [6.07, 6.45) is -1.03. The van der Waals surface area contributed by atoms with Crippen LogP contribution in [-0.4, -0.2) is 30.5 Å². The molecule has 9 heteroatoms. The third-order valence-corrected chi connectivity index (χ3v) is 8.11. The molecule has 186 valence electrons. The highest BCUT2D eigenvalue weighted by molar-refractivity contribution is 7.17. The minimum absolute atomic E-state index is 0.189. The van der Waals surface area contributed by atoms with E-state index in [4.69, 9.17) is 21.2 Å². The van der Waals surface area contributed by atoms with Crippen molar-refractivity contribution < 1.29 is 24.0 Å². The molecule has 2 saturated heterocycles. The van der Waals surface area contributed by atoms with E-state index < -0.39 is 35.8 Å². The molecule has 0 radical (unpaired) electrons. The number of hydrogen-bond donors (Lipinski definition) is 0. The first-order chi connectivity index (χ1) is 17.2. The lowest BCUT2D eigenvalue weighted by molar-refractivity contribution is -0.126. The Kier molecular flexibility index (Phi) is 6.36. The number of halogens is 1. The molecule has 0 bridgehead atoms. The molecular formula is C27H25ClN2O5S. The maximum absolute atomic E-state index is 14.0. The van der Waals surface area contributed by atoms with Gasteiger partial charge >= 0.3 is 5.97 Å². The quantitative estimate of drug-likeness (QED) is 0.321. The van der Waals surface area contributed by atoms with Gasteiger partial charge in [0.1, 0.15) is 10.9 Å². The molecule has 2 fully saturated rings. The number of amides is 2. The van der Waals surface area contributed by atoms with Crippen LogP contribution in [0.1, 0.15) is 44.9 Å². The molecule has 0 aliphatic carbocycles. The van der Waals surface area contributed by atoms with Gasteiger partial charge in [-0.3, -0.25) is 14.4 Å². The molecule has 3 atom stereocenters. The first kappa shape index (κ1) is 24.5. The van der Waals surface area contributed by atoms with Crippen molar-refractivity contribution >= 4 is 51.4 Å². The zero-order chi connectivity index (χ0) is 25.7. The summed E-state index contributed by atoms with van der Waals surface area (Å²) >= 11 is 7.32. The van der Waals surface area contributed by atoms with Crippen molar-refractivity contribution in [2.45, 2.75) is 39.8 Å². The SMILES string of the molecule is CCOC(=O)c1c(N2C(=O)C3ON(c4ccc(Cl)cc4)C(c4ccc(C)cc4)C3C2=O)sc(C)c1C. The zero-order valence-corrected chi connectivity index (χ0v) is 21.9. The van der Waals surface area contributed by atoms with Gasteiger partial charge in [0.05, 0.1) is 23.9 Å². The standard InChI is InChI=1S/C27H25ClN2O5S/c1-5-34-27(33)20-15(3)16(4)36-26(20)29-24(31)21-22(17-8-6-14(2)7-9-17)30(35-23(21)25(29)32)19-12-10-18(28)11-13-19/h6-13,21-23H,5H2,1-4H3. The molecule has 0 N–H and O–H groups in total. The van der Waals surface area contributed by atoms with Gasteiger partial charge in [-0.05, 0) is 63.1 Å². The summed E-state index contributed by atoms with van der Waals surface area (Å²) in [6.45, 7) is 7.54. The Morgan fingerprint density at radius 2 is 1.69 bits per heavy atom. The van der Waals surface area contributed by atoms with Crippen LogP contribution in [0.3, 0.4) is 0 Å². The number of hydrogen-bond acceptors (Lipinski definition) is 7. The van der Waals surface area contributed by atoms with Crippen LogP contribution < -0.4 is 9.96 Å². The van der Waals surface area contributed by atoms with Crippen molar-refractivity contribution in [1.82, 2.24) is 0 Å². The predicted octanol–water partition coefficient (Wildman–Crippen LogP) is 5.55. The summed E-state index contributed by atoms with van der Waals surface area (Å²) in [4.78, 5) is 48.6. The van der Waals surface area contributed by atoms with E-state index in [9.17, 15) is 14.4 Å². The van der Waals surface area contributed by atoms with Crippen molar-refractivity contribution in [3.63, 3.8) is 0 Å². The molecule has 0 saturated carbocycles. The second-order valence-corrected chi connectivity index (χ2v) is 10.5. The Bertz CT molecular complexity index is 1350. The molecule has 36 heavy (non-hydrogen) atoms. The molecule has 2 aliphatic heterocycles. The first-order valence-electron chi connectivity index (χ1n) is 11.7. The minimum Gasteiger partial charge on any atom is -0.462 e. The van der Waals surface area contributed by atoms with Crippen LogP contribution in [0.5, 0.6) is 0 Å². The number of carbonyl (C=O) groups is 3. The number of hydroxylamine groups is 1. The van der Waals surface area contributed by atoms with Gasteiger partial charge in [0.15, 0.2) is 6.10 Å². The van der Waals surface area contributed by atoms with Gasteiger partial charge in [-0.2, -0.15) is 0 Å². The van der Waals surface area contributed by atoms with E-state index >= 15 is 0 Å². The molecule has 3 unspecified atom stereocenters. The number of aryl methyl sites for hydroxylation is 2. The number of esters is 1. The summed E-state index contributed by atoms with van der Waals surface area (Å²) < 4.78 is 5.24. The molecule has 3 aromatic rings. The molecule has 7 nitrogen and oxygen atoms in total. The van der Waals surface area contributed by atoms with Crippen molar-refractivity contribution in [3.05, 3.63) is 80.7 Å². The minimum atomic E-state index is -1.03. The number of benzene rings is 2. The Hall–Kier alpha value is -3.20. The molecule has 2 aliphatic rings. The Balaban J connectivity index is 1.59. The number of fused-ring (bicyclic) bond motifs is 1. The second-order valence-electron chi connectivity index (χ2n) is 8.91. The van der Waals surface area contributed by atoms with E-state index in [0.717, 1.165) is 20.9 Å². The Labute approximate surface area is 218 Å². The lowest BCUT2D eigenvalue weighted by atomic mass is 9.90. The van der Waals surface area contributed by atoms with Gasteiger partial charge in [0.25, 0.3) is 5.91 Å². The molecular weight excluding hydrogens is 500 g/mol. The summed E-state index contributed by atoms with van der Waals surface area (Å²) in [7, 11) is 0. The summed E-state index contributed by atoms with van der Waals surface area (Å²) in [6, 6.07) is 14.3. The van der Waals surface area contributed by atoms with Crippen LogP contribution in [-0.2, 0) is 19.2 Å². The lowest BCUT2D eigenvalue weighted by Crippen LogP contribution is -2.37. The lowest BCUT2D eigenvalue weighted by Gasteiger charge is -2.28. The van der Waals surface area contributed by atoms with E-state index in [2.05, 4.69) is 0 Å². The van der Waals surface area contributed by atoms with Crippen LogP contribution in [0.15, 0.2) is 48.5 Å². The van der Waals surface area contributed by atoms with Crippen molar-refractivity contribution in [3.8, 4) is 0 Å². The number of rotatable bonds is 5. The number of carbonyl (C=O) groups excluding carboxylic acids is 3. The van der Waals surface area contributed by atoms with E-state index in [1.165, 1.54) is 11.3 Å². The zero-order valence-electron chi connectivity index (χ0n) is 20.3. The highest BCUT2D eigenvalue weighted by Gasteiger charge is 2.61. The average molecular weight is 525 g/mol. The van der Waals surface area contributed by atoms with Gasteiger partial charge in [0.2, 0.25) is 5.91 Å². The largest absolute Gasteiger partial charge is 0.462 e. The molecule has 2 aromatic carbocycles. The number of thiophene rings is 1. The summed E-state index contributed by atoms with van der Waals surface area (Å²) in [5.74, 6) is -2.25. The molecule has 3 heterocycles. The van der Waals surface area contributed by atoms with E-state index in [-0.39, 0.29) is 17.2 Å². The van der Waals surface area contributed by atoms with Crippen LogP contribution in [0.4, 0.5) is 10.7 Å². The summed E-state index contributed by atoms with van der Waals surface area (Å²) in [5.41, 5.74) is 3.55. The Morgan fingerprint density at radius 1 is 1.03 bits per heavy atom. The number of imide groups is 1. The van der Waals surface area contributed by atoms with Gasteiger partial charge < -0.3 is 4.74 Å². The van der Waals surface area contributed by atoms with Crippen molar-refractivity contribution in [2.75, 3.05) is 16.6 Å². The number of ether oxygens (including phenoxy) is 1. The van der Waals surface area contributed by atoms with Crippen LogP contribution in [0.2, 0.25) is 5.02 Å². The van der Waals surface area contributed by atoms with E-state index in [1.54, 1.807) is 43.2 Å². The normalized spacial score (nSPS) is 21.3. The smallest absolute Gasteiger partial charge is 0.341 e. The summed E-state index contributed by atoms with van der Waals surface area (Å²) in [5, 5.41) is 2.48. The van der Waals surface area contributed by atoms with Crippen LogP contribution in [0.25, 0.3) is 0 Å². The topological polar surface area (TPSA) is 76.2 Å². The average Bonchev–Trinajstić information content (AvgIpc) is 3.45. The third kappa shape index (κ3) is 3.89. The fourth-order valence-corrected chi connectivity index (χ4v) is 6.02. The first-order valence-corrected chi connectivity index (χ1v) is 12.9. The monoisotopic (exact) mass is 524 g/mol. The predicted molar refractivity (Wildman–Crippen MR) is 138 cm³/mol. The van der Waals surface area contributed by atoms with Crippen LogP contribution in [0, 0.1) is 26.7 Å². The highest BCUT2D eigenvalue weighted by Crippen LogP contribution is 2.49. The van der Waals surface area contributed by atoms with E-state index in [1.807, 2.05) is 38.1 Å². The van der Waals surface area contributed by atoms with Gasteiger partial charge in [-0.15, -0.1) is 11.3 Å². The number of anilines is 2. The molecule has 0 spiro atoms. The fourth-order valence-electron chi connectivity index (χ4n) is 4.74. The molecule has 1 aromatic heterocycles. The highest BCUT2D eigenvalue weighted by atomic mass is 35.5. The molecule has 5 rings (SSSR count). The van der Waals surface area contributed by atoms with Gasteiger partial charge in [-0.1, -0.05) is 41.4 Å². The van der Waals surface area contributed by atoms with Crippen LogP contribution >= 0.6 is 22.9 Å². The van der Waals surface area contributed by atoms with Crippen molar-refractivity contribution in [1.29, 1.82) is 0 Å². The second kappa shape index (κ2) is 9.35. The number of nitrogens with zero attached hydrogens (tertiary/aromatic N) is 2. The fraction of sp³-hybridized carbons (Fsp3) is 0.296. The van der Waals surface area contributed by atoms with Crippen molar-refractivity contribution in [2.24, 2.45) is 5.92 Å². The third-order valence-electron chi connectivity index (χ3n) is 6.66. The van der Waals surface area contributed by atoms with E-state index in [0.29, 0.717) is 16.3 Å². The maximum atomic E-state index is 14.0. The molecule has 2 amide bonds. The Morgan fingerprint density at radius 3 is 2.33 bits per heavy atom. The maximum Gasteiger partial charge on any atom is 0.341 e. The van der Waals surface area contributed by atoms with Gasteiger partial charge in [0, 0.05) is 9.90 Å². The van der Waals surface area contributed by atoms with Gasteiger partial charge in [-0.25, -0.2) is 14.8 Å².